The van der Waals surface area contributed by atoms with Crippen molar-refractivity contribution >= 4 is 15.9 Å². The lowest BCUT2D eigenvalue weighted by molar-refractivity contribution is -0.132. The molecule has 0 spiro atoms. The molecule has 22 heavy (non-hydrogen) atoms. The SMILES string of the molecule is CN(CC(=O)N1C[C@@H](O)C[C@H]1c1cccc(F)c1)S(C)(=O)=O. The summed E-state index contributed by atoms with van der Waals surface area (Å²) in [6, 6.07) is 5.40. The second-order valence-electron chi connectivity index (χ2n) is 5.53. The highest BCUT2D eigenvalue weighted by Gasteiger charge is 2.36. The average molecular weight is 330 g/mol. The molecule has 1 N–H and O–H groups in total. The summed E-state index contributed by atoms with van der Waals surface area (Å²) in [5.74, 6) is -0.835. The average Bonchev–Trinajstić information content (AvgIpc) is 2.80. The van der Waals surface area contributed by atoms with Crippen molar-refractivity contribution in [2.45, 2.75) is 18.6 Å². The summed E-state index contributed by atoms with van der Waals surface area (Å²) >= 11 is 0. The Hall–Kier alpha value is -1.51. The highest BCUT2D eigenvalue weighted by Crippen LogP contribution is 2.32. The maximum absolute atomic E-state index is 13.4. The van der Waals surface area contributed by atoms with Crippen LogP contribution >= 0.6 is 0 Å². The Balaban J connectivity index is 2.19. The van der Waals surface area contributed by atoms with Crippen molar-refractivity contribution in [3.05, 3.63) is 35.6 Å². The van der Waals surface area contributed by atoms with E-state index in [4.69, 9.17) is 0 Å². The molecule has 0 bridgehead atoms. The van der Waals surface area contributed by atoms with Crippen LogP contribution in [0.4, 0.5) is 4.39 Å². The summed E-state index contributed by atoms with van der Waals surface area (Å²) in [5.41, 5.74) is 0.590. The van der Waals surface area contributed by atoms with E-state index in [1.807, 2.05) is 0 Å². The maximum Gasteiger partial charge on any atom is 0.238 e. The third kappa shape index (κ3) is 3.82. The van der Waals surface area contributed by atoms with Crippen LogP contribution < -0.4 is 0 Å². The lowest BCUT2D eigenvalue weighted by Gasteiger charge is -2.26. The molecule has 6 nitrogen and oxygen atoms in total. The summed E-state index contributed by atoms with van der Waals surface area (Å²) in [6.45, 7) is -0.199. The van der Waals surface area contributed by atoms with Gasteiger partial charge >= 0.3 is 0 Å². The van der Waals surface area contributed by atoms with Crippen molar-refractivity contribution in [2.24, 2.45) is 0 Å². The standard InChI is InChI=1S/C14H19FN2O4S/c1-16(22(2,20)21)9-14(19)17-8-12(18)7-13(17)10-4-3-5-11(15)6-10/h3-6,12-13,18H,7-9H2,1-2H3/t12-,13-/m0/s1. The number of carbonyl (C=O) groups is 1. The van der Waals surface area contributed by atoms with Crippen molar-refractivity contribution in [3.63, 3.8) is 0 Å². The number of aliphatic hydroxyl groups is 1. The number of likely N-dealkylation sites (tertiary alicyclic amines) is 1. The number of aliphatic hydroxyl groups excluding tert-OH is 1. The van der Waals surface area contributed by atoms with Gasteiger partial charge in [-0.2, -0.15) is 4.31 Å². The van der Waals surface area contributed by atoms with Crippen molar-refractivity contribution in [3.8, 4) is 0 Å². The van der Waals surface area contributed by atoms with Crippen LogP contribution in [0.5, 0.6) is 0 Å². The molecule has 8 heteroatoms. The molecule has 0 radical (unpaired) electrons. The number of hydrogen-bond acceptors (Lipinski definition) is 4. The predicted molar refractivity (Wildman–Crippen MR) is 79.0 cm³/mol. The van der Waals surface area contributed by atoms with Crippen LogP contribution in [0.3, 0.4) is 0 Å². The molecular formula is C14H19FN2O4S. The molecule has 1 saturated heterocycles. The van der Waals surface area contributed by atoms with Crippen LogP contribution in [-0.4, -0.2) is 61.1 Å². The highest BCUT2D eigenvalue weighted by atomic mass is 32.2. The van der Waals surface area contributed by atoms with E-state index < -0.39 is 33.9 Å². The molecule has 2 rings (SSSR count). The molecule has 2 atom stereocenters. The fourth-order valence-electron chi connectivity index (χ4n) is 2.52. The van der Waals surface area contributed by atoms with Gasteiger partial charge in [-0.05, 0) is 24.1 Å². The van der Waals surface area contributed by atoms with Gasteiger partial charge in [-0.25, -0.2) is 12.8 Å². The molecule has 1 fully saturated rings. The number of β-amino-alcohol motifs (C(OH)–C–C–N with tert-alkyl or cyclic N) is 1. The Bertz CT molecular complexity index is 665. The first-order chi connectivity index (χ1) is 10.2. The van der Waals surface area contributed by atoms with E-state index in [-0.39, 0.29) is 13.1 Å². The number of nitrogens with zero attached hydrogens (tertiary/aromatic N) is 2. The second kappa shape index (κ2) is 6.31. The zero-order valence-corrected chi connectivity index (χ0v) is 13.3. The van der Waals surface area contributed by atoms with E-state index in [9.17, 15) is 22.7 Å². The lowest BCUT2D eigenvalue weighted by atomic mass is 10.0. The third-order valence-electron chi connectivity index (χ3n) is 3.76. The number of halogens is 1. The first-order valence-corrected chi connectivity index (χ1v) is 8.67. The van der Waals surface area contributed by atoms with Crippen LogP contribution in [0.1, 0.15) is 18.0 Å². The first-order valence-electron chi connectivity index (χ1n) is 6.83. The Kier molecular flexibility index (Phi) is 4.84. The summed E-state index contributed by atoms with van der Waals surface area (Å²) in [7, 11) is -2.15. The van der Waals surface area contributed by atoms with Crippen molar-refractivity contribution in [1.29, 1.82) is 0 Å². The minimum atomic E-state index is -3.47. The van der Waals surface area contributed by atoms with Crippen molar-refractivity contribution in [2.75, 3.05) is 26.4 Å². The van der Waals surface area contributed by atoms with Gasteiger partial charge in [0.05, 0.1) is 24.9 Å². The molecule has 1 aliphatic rings. The predicted octanol–water partition coefficient (Wildman–Crippen LogP) is 0.351. The number of benzene rings is 1. The molecule has 0 unspecified atom stereocenters. The van der Waals surface area contributed by atoms with E-state index in [1.165, 1.54) is 24.1 Å². The van der Waals surface area contributed by atoms with Crippen LogP contribution in [0.15, 0.2) is 24.3 Å². The molecule has 0 aliphatic carbocycles. The molecule has 122 valence electrons. The smallest absolute Gasteiger partial charge is 0.238 e. The Morgan fingerprint density at radius 2 is 2.18 bits per heavy atom. The van der Waals surface area contributed by atoms with Gasteiger partial charge in [0.1, 0.15) is 5.82 Å². The molecule has 1 aromatic carbocycles. The Morgan fingerprint density at radius 1 is 1.50 bits per heavy atom. The van der Waals surface area contributed by atoms with Gasteiger partial charge in [-0.1, -0.05) is 12.1 Å². The van der Waals surface area contributed by atoms with Crippen LogP contribution in [-0.2, 0) is 14.8 Å². The monoisotopic (exact) mass is 330 g/mol. The summed E-state index contributed by atoms with van der Waals surface area (Å²) < 4.78 is 37.1. The highest BCUT2D eigenvalue weighted by molar-refractivity contribution is 7.88. The number of sulfonamides is 1. The summed E-state index contributed by atoms with van der Waals surface area (Å²) in [5, 5.41) is 9.82. The number of hydrogen-bond donors (Lipinski definition) is 1. The normalized spacial score (nSPS) is 22.3. The number of amides is 1. The molecule has 1 amide bonds. The summed E-state index contributed by atoms with van der Waals surface area (Å²) in [4.78, 5) is 13.7. The van der Waals surface area contributed by atoms with Crippen molar-refractivity contribution in [1.82, 2.24) is 9.21 Å². The van der Waals surface area contributed by atoms with Gasteiger partial charge in [-0.15, -0.1) is 0 Å². The van der Waals surface area contributed by atoms with Crippen molar-refractivity contribution < 1.29 is 22.7 Å². The third-order valence-corrected chi connectivity index (χ3v) is 5.02. The molecule has 1 heterocycles. The number of likely N-dealkylation sites (N-methyl/N-ethyl adjacent to an activating group) is 1. The topological polar surface area (TPSA) is 77.9 Å². The van der Waals surface area contributed by atoms with Crippen LogP contribution in [0, 0.1) is 5.82 Å². The van der Waals surface area contributed by atoms with Gasteiger partial charge in [0.25, 0.3) is 0 Å². The molecule has 0 saturated carbocycles. The van der Waals surface area contributed by atoms with Crippen LogP contribution in [0.2, 0.25) is 0 Å². The Morgan fingerprint density at radius 3 is 2.77 bits per heavy atom. The van der Waals surface area contributed by atoms with Gasteiger partial charge in [0.15, 0.2) is 0 Å². The summed E-state index contributed by atoms with van der Waals surface area (Å²) in [6.07, 6.45) is 0.613. The van der Waals surface area contributed by atoms with E-state index in [0.29, 0.717) is 12.0 Å². The minimum Gasteiger partial charge on any atom is -0.391 e. The Labute approximate surface area is 129 Å². The van der Waals surface area contributed by atoms with E-state index in [0.717, 1.165) is 10.6 Å². The van der Waals surface area contributed by atoms with E-state index in [2.05, 4.69) is 0 Å². The second-order valence-corrected chi connectivity index (χ2v) is 7.61. The van der Waals surface area contributed by atoms with Gasteiger partial charge in [0, 0.05) is 13.6 Å². The number of carbonyl (C=O) groups excluding carboxylic acids is 1. The zero-order valence-electron chi connectivity index (χ0n) is 12.4. The van der Waals surface area contributed by atoms with Crippen LogP contribution in [0.25, 0.3) is 0 Å². The van der Waals surface area contributed by atoms with Gasteiger partial charge in [0.2, 0.25) is 15.9 Å². The fourth-order valence-corrected chi connectivity index (χ4v) is 2.86. The number of rotatable bonds is 4. The van der Waals surface area contributed by atoms with Gasteiger partial charge < -0.3 is 10.0 Å². The molecule has 1 aliphatic heterocycles. The minimum absolute atomic E-state index is 0.109. The van der Waals surface area contributed by atoms with E-state index >= 15 is 0 Å². The van der Waals surface area contributed by atoms with E-state index in [1.54, 1.807) is 12.1 Å². The molecule has 0 aromatic heterocycles. The first kappa shape index (κ1) is 16.9. The maximum atomic E-state index is 13.4. The lowest BCUT2D eigenvalue weighted by Crippen LogP contribution is -2.41. The fraction of sp³-hybridized carbons (Fsp3) is 0.500. The largest absolute Gasteiger partial charge is 0.391 e. The molecular weight excluding hydrogens is 311 g/mol. The van der Waals surface area contributed by atoms with Gasteiger partial charge in [-0.3, -0.25) is 4.79 Å². The zero-order chi connectivity index (χ0) is 16.5. The quantitative estimate of drug-likeness (QED) is 0.864. The molecule has 1 aromatic rings.